The third kappa shape index (κ3) is 10.1. The lowest BCUT2D eigenvalue weighted by Crippen LogP contribution is -2.24. The first-order valence-electron chi connectivity index (χ1n) is 11.1. The van der Waals surface area contributed by atoms with Gasteiger partial charge in [-0.1, -0.05) is 38.5 Å². The van der Waals surface area contributed by atoms with Crippen molar-refractivity contribution in [2.75, 3.05) is 11.9 Å². The van der Waals surface area contributed by atoms with Gasteiger partial charge in [0.1, 0.15) is 0 Å². The van der Waals surface area contributed by atoms with E-state index in [-0.39, 0.29) is 12.3 Å². The Kier molecular flexibility index (Phi) is 10.5. The normalized spacial score (nSPS) is 10.6. The standard InChI is InChI=1S/C24H34N4O3/c1-18-17-19(2)27-24(26-18)28-21-14-12-20(13-15-21)23(31)25-16-10-8-6-4-3-5-7-9-11-22(29)30/h12-15,17H,3-11,16H2,1-2H3,(H,25,31)(H,29,30)(H,26,27,28). The summed E-state index contributed by atoms with van der Waals surface area (Å²) < 4.78 is 0. The van der Waals surface area contributed by atoms with E-state index in [9.17, 15) is 9.59 Å². The van der Waals surface area contributed by atoms with Gasteiger partial charge < -0.3 is 15.7 Å². The Hall–Kier alpha value is -2.96. The number of nitrogens with one attached hydrogen (secondary N) is 2. The molecule has 0 bridgehead atoms. The molecule has 0 atom stereocenters. The molecule has 1 heterocycles. The number of unbranched alkanes of at least 4 members (excludes halogenated alkanes) is 7. The molecule has 1 aromatic carbocycles. The first kappa shape index (κ1) is 24.3. The predicted molar refractivity (Wildman–Crippen MR) is 123 cm³/mol. The number of nitrogens with zero attached hydrogens (tertiary/aromatic N) is 2. The molecule has 0 aliphatic carbocycles. The second-order valence-corrected chi connectivity index (χ2v) is 7.90. The van der Waals surface area contributed by atoms with E-state index >= 15 is 0 Å². The highest BCUT2D eigenvalue weighted by molar-refractivity contribution is 5.94. The van der Waals surface area contributed by atoms with Gasteiger partial charge in [-0.2, -0.15) is 0 Å². The maximum atomic E-state index is 12.3. The van der Waals surface area contributed by atoms with Crippen LogP contribution in [0.4, 0.5) is 11.6 Å². The molecule has 3 N–H and O–H groups in total. The number of rotatable bonds is 14. The number of aromatic nitrogens is 2. The molecule has 7 heteroatoms. The van der Waals surface area contributed by atoms with Crippen LogP contribution in [0.25, 0.3) is 0 Å². The van der Waals surface area contributed by atoms with Gasteiger partial charge in [0.2, 0.25) is 5.95 Å². The molecule has 0 radical (unpaired) electrons. The molecule has 1 aromatic heterocycles. The first-order chi connectivity index (χ1) is 14.9. The Balaban J connectivity index is 1.58. The van der Waals surface area contributed by atoms with Gasteiger partial charge in [-0.3, -0.25) is 9.59 Å². The highest BCUT2D eigenvalue weighted by Crippen LogP contribution is 2.15. The van der Waals surface area contributed by atoms with E-state index in [1.807, 2.05) is 32.0 Å². The number of benzene rings is 1. The lowest BCUT2D eigenvalue weighted by atomic mass is 10.1. The maximum absolute atomic E-state index is 12.3. The number of anilines is 2. The Morgan fingerprint density at radius 3 is 1.97 bits per heavy atom. The van der Waals surface area contributed by atoms with Gasteiger partial charge in [-0.05, 0) is 57.0 Å². The van der Waals surface area contributed by atoms with Crippen LogP contribution in [0.3, 0.4) is 0 Å². The van der Waals surface area contributed by atoms with Crippen molar-refractivity contribution in [3.8, 4) is 0 Å². The average Bonchev–Trinajstić information content (AvgIpc) is 2.71. The zero-order valence-electron chi connectivity index (χ0n) is 18.6. The van der Waals surface area contributed by atoms with E-state index < -0.39 is 5.97 Å². The summed E-state index contributed by atoms with van der Waals surface area (Å²) in [6, 6.07) is 9.22. The summed E-state index contributed by atoms with van der Waals surface area (Å²) in [5, 5.41) is 14.7. The molecule has 0 fully saturated rings. The van der Waals surface area contributed by atoms with Gasteiger partial charge in [0.15, 0.2) is 0 Å². The molecule has 0 aliphatic rings. The summed E-state index contributed by atoms with van der Waals surface area (Å²) in [7, 11) is 0. The third-order valence-electron chi connectivity index (χ3n) is 4.99. The van der Waals surface area contributed by atoms with Gasteiger partial charge in [0.05, 0.1) is 0 Å². The zero-order valence-corrected chi connectivity index (χ0v) is 18.6. The molecule has 7 nitrogen and oxygen atoms in total. The van der Waals surface area contributed by atoms with Gasteiger partial charge in [0.25, 0.3) is 5.91 Å². The molecule has 168 valence electrons. The van der Waals surface area contributed by atoms with Crippen LogP contribution in [-0.2, 0) is 4.79 Å². The number of aliphatic carboxylic acids is 1. The smallest absolute Gasteiger partial charge is 0.303 e. The lowest BCUT2D eigenvalue weighted by molar-refractivity contribution is -0.137. The summed E-state index contributed by atoms with van der Waals surface area (Å²) in [5.74, 6) is -0.218. The predicted octanol–water partition coefficient (Wildman–Crippen LogP) is 5.16. The zero-order chi connectivity index (χ0) is 22.5. The Morgan fingerprint density at radius 2 is 1.39 bits per heavy atom. The number of carbonyl (C=O) groups excluding carboxylic acids is 1. The number of aryl methyl sites for hydroxylation is 2. The topological polar surface area (TPSA) is 104 Å². The monoisotopic (exact) mass is 426 g/mol. The van der Waals surface area contributed by atoms with Crippen LogP contribution in [0.1, 0.15) is 79.5 Å². The summed E-state index contributed by atoms with van der Waals surface area (Å²) in [5.41, 5.74) is 3.28. The maximum Gasteiger partial charge on any atom is 0.303 e. The average molecular weight is 427 g/mol. The molecular formula is C24H34N4O3. The highest BCUT2D eigenvalue weighted by atomic mass is 16.4. The molecule has 0 saturated carbocycles. The Bertz CT molecular complexity index is 817. The highest BCUT2D eigenvalue weighted by Gasteiger charge is 2.06. The van der Waals surface area contributed by atoms with Gasteiger partial charge in [-0.25, -0.2) is 9.97 Å². The van der Waals surface area contributed by atoms with Gasteiger partial charge >= 0.3 is 5.97 Å². The number of carboxylic acid groups (broad SMARTS) is 1. The Morgan fingerprint density at radius 1 is 0.839 bits per heavy atom. The molecule has 2 rings (SSSR count). The quantitative estimate of drug-likeness (QED) is 0.360. The largest absolute Gasteiger partial charge is 0.481 e. The summed E-state index contributed by atoms with van der Waals surface area (Å²) >= 11 is 0. The fraction of sp³-hybridized carbons (Fsp3) is 0.500. The van der Waals surface area contributed by atoms with Crippen LogP contribution in [0.5, 0.6) is 0 Å². The lowest BCUT2D eigenvalue weighted by Gasteiger charge is -2.08. The molecular weight excluding hydrogens is 392 g/mol. The third-order valence-corrected chi connectivity index (χ3v) is 4.99. The van der Waals surface area contributed by atoms with E-state index in [4.69, 9.17) is 5.11 Å². The van der Waals surface area contributed by atoms with E-state index in [0.29, 0.717) is 18.1 Å². The minimum atomic E-state index is -0.707. The minimum absolute atomic E-state index is 0.0624. The summed E-state index contributed by atoms with van der Waals surface area (Å²) in [6.07, 6.45) is 8.67. The van der Waals surface area contributed by atoms with Crippen LogP contribution in [0.15, 0.2) is 30.3 Å². The molecule has 0 aliphatic heterocycles. The van der Waals surface area contributed by atoms with E-state index in [1.165, 1.54) is 6.42 Å². The van der Waals surface area contributed by atoms with Crippen molar-refractivity contribution in [3.63, 3.8) is 0 Å². The summed E-state index contributed by atoms with van der Waals surface area (Å²) in [6.45, 7) is 4.53. The minimum Gasteiger partial charge on any atom is -0.481 e. The number of carboxylic acids is 1. The van der Waals surface area contributed by atoms with Crippen LogP contribution in [0, 0.1) is 13.8 Å². The number of amides is 1. The van der Waals surface area contributed by atoms with Crippen LogP contribution in [-0.4, -0.2) is 33.5 Å². The molecule has 0 spiro atoms. The van der Waals surface area contributed by atoms with Crippen molar-refractivity contribution >= 4 is 23.5 Å². The molecule has 31 heavy (non-hydrogen) atoms. The molecule has 0 saturated heterocycles. The van der Waals surface area contributed by atoms with E-state index in [1.54, 1.807) is 12.1 Å². The van der Waals surface area contributed by atoms with Crippen LogP contribution in [0.2, 0.25) is 0 Å². The first-order valence-corrected chi connectivity index (χ1v) is 11.1. The van der Waals surface area contributed by atoms with E-state index in [2.05, 4.69) is 20.6 Å². The van der Waals surface area contributed by atoms with E-state index in [0.717, 1.165) is 62.0 Å². The number of hydrogen-bond acceptors (Lipinski definition) is 5. The number of carbonyl (C=O) groups is 2. The number of hydrogen-bond donors (Lipinski definition) is 3. The van der Waals surface area contributed by atoms with Crippen molar-refractivity contribution in [3.05, 3.63) is 47.3 Å². The van der Waals surface area contributed by atoms with Crippen LogP contribution < -0.4 is 10.6 Å². The van der Waals surface area contributed by atoms with Crippen LogP contribution >= 0.6 is 0 Å². The second-order valence-electron chi connectivity index (χ2n) is 7.90. The van der Waals surface area contributed by atoms with Crippen molar-refractivity contribution in [2.24, 2.45) is 0 Å². The molecule has 0 unspecified atom stereocenters. The van der Waals surface area contributed by atoms with Crippen molar-refractivity contribution < 1.29 is 14.7 Å². The fourth-order valence-electron chi connectivity index (χ4n) is 3.38. The molecule has 1 amide bonds. The van der Waals surface area contributed by atoms with Gasteiger partial charge in [-0.15, -0.1) is 0 Å². The Labute approximate surface area is 184 Å². The van der Waals surface area contributed by atoms with Crippen molar-refractivity contribution in [1.82, 2.24) is 15.3 Å². The SMILES string of the molecule is Cc1cc(C)nc(Nc2ccc(C(=O)NCCCCCCCCCCC(=O)O)cc2)n1. The second kappa shape index (κ2) is 13.4. The molecule has 2 aromatic rings. The van der Waals surface area contributed by atoms with Crippen molar-refractivity contribution in [1.29, 1.82) is 0 Å². The van der Waals surface area contributed by atoms with Crippen molar-refractivity contribution in [2.45, 2.75) is 71.6 Å². The van der Waals surface area contributed by atoms with Gasteiger partial charge in [0, 0.05) is 35.6 Å². The fourth-order valence-corrected chi connectivity index (χ4v) is 3.38. The summed E-state index contributed by atoms with van der Waals surface area (Å²) in [4.78, 5) is 31.4.